The molecule has 1 fully saturated rings. The first-order valence-corrected chi connectivity index (χ1v) is 6.32. The van der Waals surface area contributed by atoms with Gasteiger partial charge in [-0.05, 0) is 33.1 Å². The Labute approximate surface area is 97.6 Å². The molecular weight excluding hydrogens is 207 g/mol. The molecule has 1 unspecified atom stereocenters. The van der Waals surface area contributed by atoms with Gasteiger partial charge in [0.1, 0.15) is 0 Å². The fraction of sp³-hybridized carbons (Fsp3) is 0.923. The van der Waals surface area contributed by atoms with E-state index in [1.807, 2.05) is 0 Å². The number of carbonyl (C=O) groups is 1. The van der Waals surface area contributed by atoms with Gasteiger partial charge in [0.05, 0.1) is 6.10 Å². The molecule has 0 aliphatic heterocycles. The van der Waals surface area contributed by atoms with Crippen LogP contribution in [-0.2, 0) is 9.53 Å². The molecule has 1 rings (SSSR count). The van der Waals surface area contributed by atoms with Crippen molar-refractivity contribution in [2.45, 2.75) is 71.1 Å². The third-order valence-corrected chi connectivity index (χ3v) is 3.17. The van der Waals surface area contributed by atoms with E-state index in [-0.39, 0.29) is 6.10 Å². The van der Waals surface area contributed by atoms with Crippen molar-refractivity contribution < 1.29 is 13.9 Å². The summed E-state index contributed by atoms with van der Waals surface area (Å²) >= 11 is 0. The third kappa shape index (κ3) is 4.11. The fourth-order valence-electron chi connectivity index (χ4n) is 2.35. The topological polar surface area (TPSA) is 26.3 Å². The number of hydrogen-bond acceptors (Lipinski definition) is 2. The largest absolute Gasteiger partial charge is 0.461 e. The van der Waals surface area contributed by atoms with Crippen molar-refractivity contribution in [3.63, 3.8) is 0 Å². The first kappa shape index (κ1) is 13.5. The first-order chi connectivity index (χ1) is 7.42. The summed E-state index contributed by atoms with van der Waals surface area (Å²) in [6.07, 6.45) is 5.76. The molecule has 0 heterocycles. The second-order valence-corrected chi connectivity index (χ2v) is 5.36. The number of hydrogen-bond donors (Lipinski definition) is 0. The van der Waals surface area contributed by atoms with Crippen LogP contribution in [-0.4, -0.2) is 17.7 Å². The summed E-state index contributed by atoms with van der Waals surface area (Å²) in [5.41, 5.74) is -1.81. The minimum atomic E-state index is -1.81. The van der Waals surface area contributed by atoms with Gasteiger partial charge in [0.15, 0.2) is 0 Å². The van der Waals surface area contributed by atoms with Crippen molar-refractivity contribution in [2.24, 2.45) is 5.92 Å². The smallest absolute Gasteiger partial charge is 0.343 e. The summed E-state index contributed by atoms with van der Waals surface area (Å²) in [6, 6.07) is 0. The Morgan fingerprint density at radius 2 is 1.94 bits per heavy atom. The molecule has 1 saturated carbocycles. The average molecular weight is 230 g/mol. The number of halogens is 1. The molecule has 0 bridgehead atoms. The average Bonchev–Trinajstić information content (AvgIpc) is 2.17. The predicted octanol–water partition coefficient (Wildman–Crippen LogP) is 3.64. The van der Waals surface area contributed by atoms with Crippen molar-refractivity contribution >= 4 is 5.97 Å². The first-order valence-electron chi connectivity index (χ1n) is 6.32. The van der Waals surface area contributed by atoms with Crippen LogP contribution in [0.2, 0.25) is 0 Å². The van der Waals surface area contributed by atoms with E-state index in [9.17, 15) is 9.18 Å². The minimum absolute atomic E-state index is 0.242. The molecule has 0 radical (unpaired) electrons. The number of carbonyl (C=O) groups excluding carboxylic acids is 1. The molecular formula is C13H23FO2. The SMILES string of the molecule is CC(C)OC(=O)C(C)(F)CC1CCCCC1. The molecule has 0 aromatic rings. The molecule has 94 valence electrons. The van der Waals surface area contributed by atoms with Crippen molar-refractivity contribution in [3.05, 3.63) is 0 Å². The van der Waals surface area contributed by atoms with Gasteiger partial charge < -0.3 is 4.74 Å². The van der Waals surface area contributed by atoms with Crippen LogP contribution >= 0.6 is 0 Å². The second kappa shape index (κ2) is 5.65. The van der Waals surface area contributed by atoms with Crippen LogP contribution in [0.25, 0.3) is 0 Å². The predicted molar refractivity (Wildman–Crippen MR) is 61.9 cm³/mol. The highest BCUT2D eigenvalue weighted by atomic mass is 19.1. The maximum Gasteiger partial charge on any atom is 0.343 e. The summed E-state index contributed by atoms with van der Waals surface area (Å²) < 4.78 is 19.1. The van der Waals surface area contributed by atoms with Crippen LogP contribution in [0, 0.1) is 5.92 Å². The van der Waals surface area contributed by atoms with Gasteiger partial charge >= 0.3 is 5.97 Å². The molecule has 0 amide bonds. The van der Waals surface area contributed by atoms with Gasteiger partial charge in [-0.15, -0.1) is 0 Å². The lowest BCUT2D eigenvalue weighted by Gasteiger charge is -2.28. The highest BCUT2D eigenvalue weighted by Crippen LogP contribution is 2.33. The van der Waals surface area contributed by atoms with Crippen molar-refractivity contribution in [1.29, 1.82) is 0 Å². The number of ether oxygens (including phenoxy) is 1. The van der Waals surface area contributed by atoms with Gasteiger partial charge in [-0.2, -0.15) is 0 Å². The lowest BCUT2D eigenvalue weighted by molar-refractivity contribution is -0.162. The number of alkyl halides is 1. The van der Waals surface area contributed by atoms with E-state index in [0.29, 0.717) is 12.3 Å². The van der Waals surface area contributed by atoms with Gasteiger partial charge in [-0.25, -0.2) is 9.18 Å². The number of rotatable bonds is 4. The molecule has 3 heteroatoms. The summed E-state index contributed by atoms with van der Waals surface area (Å²) in [5, 5.41) is 0. The van der Waals surface area contributed by atoms with E-state index in [4.69, 9.17) is 4.74 Å². The molecule has 1 atom stereocenters. The molecule has 0 saturated heterocycles. The summed E-state index contributed by atoms with van der Waals surface area (Å²) in [4.78, 5) is 11.6. The lowest BCUT2D eigenvalue weighted by atomic mass is 9.82. The van der Waals surface area contributed by atoms with Gasteiger partial charge in [-0.1, -0.05) is 32.1 Å². The zero-order valence-electron chi connectivity index (χ0n) is 10.6. The Kier molecular flexibility index (Phi) is 4.75. The highest BCUT2D eigenvalue weighted by molar-refractivity contribution is 5.79. The lowest BCUT2D eigenvalue weighted by Crippen LogP contribution is -2.36. The molecule has 1 aliphatic carbocycles. The van der Waals surface area contributed by atoms with Crippen LogP contribution in [0.15, 0.2) is 0 Å². The van der Waals surface area contributed by atoms with Crippen LogP contribution in [0.3, 0.4) is 0 Å². The zero-order valence-corrected chi connectivity index (χ0v) is 10.6. The van der Waals surface area contributed by atoms with Gasteiger partial charge in [0, 0.05) is 0 Å². The Hall–Kier alpha value is -0.600. The maximum absolute atomic E-state index is 14.2. The Balaban J connectivity index is 2.45. The molecule has 0 spiro atoms. The number of esters is 1. The van der Waals surface area contributed by atoms with Crippen molar-refractivity contribution in [3.8, 4) is 0 Å². The second-order valence-electron chi connectivity index (χ2n) is 5.36. The van der Waals surface area contributed by atoms with Crippen molar-refractivity contribution in [1.82, 2.24) is 0 Å². The fourth-order valence-corrected chi connectivity index (χ4v) is 2.35. The van der Waals surface area contributed by atoms with Gasteiger partial charge in [0.2, 0.25) is 5.67 Å². The summed E-state index contributed by atoms with van der Waals surface area (Å²) in [6.45, 7) is 4.84. The van der Waals surface area contributed by atoms with E-state index in [0.717, 1.165) is 12.8 Å². The van der Waals surface area contributed by atoms with E-state index >= 15 is 0 Å². The van der Waals surface area contributed by atoms with Crippen molar-refractivity contribution in [2.75, 3.05) is 0 Å². The summed E-state index contributed by atoms with van der Waals surface area (Å²) in [5.74, 6) is -0.350. The molecule has 1 aliphatic rings. The molecule has 0 aromatic heterocycles. The Morgan fingerprint density at radius 3 is 2.44 bits per heavy atom. The van der Waals surface area contributed by atoms with Crippen LogP contribution in [0.1, 0.15) is 59.3 Å². The van der Waals surface area contributed by atoms with E-state index in [1.165, 1.54) is 26.2 Å². The zero-order chi connectivity index (χ0) is 12.2. The Morgan fingerprint density at radius 1 is 1.38 bits per heavy atom. The summed E-state index contributed by atoms with van der Waals surface area (Å²) in [7, 11) is 0. The van der Waals surface area contributed by atoms with Gasteiger partial charge in [0.25, 0.3) is 0 Å². The quantitative estimate of drug-likeness (QED) is 0.689. The van der Waals surface area contributed by atoms with E-state index in [2.05, 4.69) is 0 Å². The van der Waals surface area contributed by atoms with Crippen LogP contribution < -0.4 is 0 Å². The van der Waals surface area contributed by atoms with Crippen LogP contribution in [0.4, 0.5) is 4.39 Å². The normalized spacial score (nSPS) is 21.8. The highest BCUT2D eigenvalue weighted by Gasteiger charge is 2.38. The third-order valence-electron chi connectivity index (χ3n) is 3.17. The molecule has 2 nitrogen and oxygen atoms in total. The Bertz CT molecular complexity index is 230. The van der Waals surface area contributed by atoms with E-state index in [1.54, 1.807) is 13.8 Å². The molecule has 0 aromatic carbocycles. The van der Waals surface area contributed by atoms with E-state index < -0.39 is 11.6 Å². The standard InChI is InChI=1S/C13H23FO2/c1-10(2)16-12(15)13(3,14)9-11-7-5-4-6-8-11/h10-11H,4-9H2,1-3H3. The molecule has 16 heavy (non-hydrogen) atoms. The molecule has 0 N–H and O–H groups in total. The van der Waals surface area contributed by atoms with Gasteiger partial charge in [-0.3, -0.25) is 0 Å². The maximum atomic E-state index is 14.2. The minimum Gasteiger partial charge on any atom is -0.461 e. The van der Waals surface area contributed by atoms with Crippen LogP contribution in [0.5, 0.6) is 0 Å². The monoisotopic (exact) mass is 230 g/mol.